The number of thiophene rings is 1. The molecule has 2 aromatic heterocycles. The first-order chi connectivity index (χ1) is 11.4. The number of nitrogens with zero attached hydrogens (tertiary/aromatic N) is 3. The number of anilines is 1. The van der Waals surface area contributed by atoms with Crippen LogP contribution in [0.4, 0.5) is 5.95 Å². The average molecular weight is 344 g/mol. The molecule has 1 aromatic carbocycles. The molecule has 0 radical (unpaired) electrons. The van der Waals surface area contributed by atoms with Crippen LogP contribution in [-0.2, 0) is 0 Å². The van der Waals surface area contributed by atoms with E-state index in [2.05, 4.69) is 21.0 Å². The molecule has 1 aliphatic rings. The molecule has 0 bridgehead atoms. The zero-order valence-electron chi connectivity index (χ0n) is 12.6. The molecule has 5 nitrogen and oxygen atoms in total. The molecule has 0 amide bonds. The number of para-hydroxylation sites is 2. The van der Waals surface area contributed by atoms with Gasteiger partial charge < -0.3 is 4.74 Å². The van der Waals surface area contributed by atoms with Crippen molar-refractivity contribution in [3.05, 3.63) is 41.8 Å². The number of hydrogen-bond acceptors (Lipinski definition) is 6. The molecule has 7 heteroatoms. The van der Waals surface area contributed by atoms with Crippen molar-refractivity contribution in [3.63, 3.8) is 0 Å². The normalized spacial score (nSPS) is 14.0. The van der Waals surface area contributed by atoms with Gasteiger partial charge in [0.15, 0.2) is 5.82 Å². The van der Waals surface area contributed by atoms with E-state index in [1.54, 1.807) is 30.4 Å². The van der Waals surface area contributed by atoms with Crippen LogP contribution in [0.1, 0.15) is 12.8 Å². The minimum Gasteiger partial charge on any atom is -0.495 e. The smallest absolute Gasteiger partial charge is 0.239 e. The fourth-order valence-corrected chi connectivity index (χ4v) is 3.75. The van der Waals surface area contributed by atoms with E-state index in [0.717, 1.165) is 28.1 Å². The van der Waals surface area contributed by atoms with Crippen molar-refractivity contribution in [3.8, 4) is 22.1 Å². The summed E-state index contributed by atoms with van der Waals surface area (Å²) in [4.78, 5) is 1.08. The van der Waals surface area contributed by atoms with Crippen LogP contribution in [0.3, 0.4) is 0 Å². The summed E-state index contributed by atoms with van der Waals surface area (Å²) >= 11 is 3.37. The summed E-state index contributed by atoms with van der Waals surface area (Å²) in [6.07, 6.45) is 2.52. The van der Waals surface area contributed by atoms with Gasteiger partial charge in [-0.2, -0.15) is 0 Å². The molecule has 0 unspecified atom stereocenters. The summed E-state index contributed by atoms with van der Waals surface area (Å²) in [5.41, 5.74) is 0.933. The van der Waals surface area contributed by atoms with Crippen LogP contribution in [0.2, 0.25) is 0 Å². The van der Waals surface area contributed by atoms with Crippen LogP contribution >= 0.6 is 23.3 Å². The molecule has 1 aliphatic carbocycles. The van der Waals surface area contributed by atoms with Crippen molar-refractivity contribution >= 4 is 29.2 Å². The maximum absolute atomic E-state index is 5.53. The lowest BCUT2D eigenvalue weighted by atomic mass is 10.3. The van der Waals surface area contributed by atoms with Crippen LogP contribution in [0.15, 0.2) is 41.8 Å². The number of hydrogen-bond donors (Lipinski definition) is 1. The highest BCUT2D eigenvalue weighted by atomic mass is 32.2. The molecule has 23 heavy (non-hydrogen) atoms. The fraction of sp³-hybridized carbons (Fsp3) is 0.250. The molecule has 0 spiro atoms. The Morgan fingerprint density at radius 3 is 2.83 bits per heavy atom. The van der Waals surface area contributed by atoms with Gasteiger partial charge in [0.2, 0.25) is 5.95 Å². The molecule has 4 rings (SSSR count). The third kappa shape index (κ3) is 2.94. The van der Waals surface area contributed by atoms with Gasteiger partial charge in [-0.05, 0) is 48.4 Å². The van der Waals surface area contributed by atoms with Gasteiger partial charge in [0.1, 0.15) is 5.75 Å². The highest BCUT2D eigenvalue weighted by Crippen LogP contribution is 2.37. The van der Waals surface area contributed by atoms with E-state index >= 15 is 0 Å². The van der Waals surface area contributed by atoms with Crippen LogP contribution < -0.4 is 9.46 Å². The Morgan fingerprint density at radius 2 is 2.09 bits per heavy atom. The summed E-state index contributed by atoms with van der Waals surface area (Å²) in [6, 6.07) is 12.0. The zero-order valence-corrected chi connectivity index (χ0v) is 14.2. The molecule has 2 heterocycles. The van der Waals surface area contributed by atoms with Crippen molar-refractivity contribution < 1.29 is 4.74 Å². The lowest BCUT2D eigenvalue weighted by Gasteiger charge is -2.13. The van der Waals surface area contributed by atoms with Gasteiger partial charge >= 0.3 is 0 Å². The van der Waals surface area contributed by atoms with Crippen LogP contribution in [0, 0.1) is 0 Å². The molecule has 3 aromatic rings. The first kappa shape index (κ1) is 14.6. The quantitative estimate of drug-likeness (QED) is 0.678. The summed E-state index contributed by atoms with van der Waals surface area (Å²) in [5, 5.41) is 11.5. The van der Waals surface area contributed by atoms with E-state index in [-0.39, 0.29) is 0 Å². The van der Waals surface area contributed by atoms with Gasteiger partial charge in [-0.15, -0.1) is 21.5 Å². The number of rotatable bonds is 6. The van der Waals surface area contributed by atoms with Gasteiger partial charge in [0.05, 0.1) is 17.7 Å². The molecule has 0 saturated heterocycles. The second kappa shape index (κ2) is 6.25. The average Bonchev–Trinajstić information content (AvgIpc) is 3.10. The Bertz CT molecular complexity index is 796. The highest BCUT2D eigenvalue weighted by molar-refractivity contribution is 8.01. The van der Waals surface area contributed by atoms with E-state index in [9.17, 15) is 0 Å². The fourth-order valence-electron chi connectivity index (χ4n) is 2.28. The van der Waals surface area contributed by atoms with E-state index in [1.165, 1.54) is 12.8 Å². The highest BCUT2D eigenvalue weighted by Gasteiger charge is 2.25. The van der Waals surface area contributed by atoms with Gasteiger partial charge in [-0.25, -0.2) is 0 Å². The minimum absolute atomic E-state index is 0.683. The standard InChI is InChI=1S/C16H16N4OS2/c1-21-13-6-3-2-5-12(13)20-15(14-7-4-10-22-14)17-18-16(20)19-23-11-8-9-11/h2-7,10-11H,8-9H2,1H3,(H,18,19). The lowest BCUT2D eigenvalue weighted by molar-refractivity contribution is 0.413. The second-order valence-corrected chi connectivity index (χ2v) is 7.31. The largest absolute Gasteiger partial charge is 0.495 e. The third-order valence-corrected chi connectivity index (χ3v) is 5.54. The predicted octanol–water partition coefficient (Wildman–Crippen LogP) is 4.23. The van der Waals surface area contributed by atoms with Crippen LogP contribution in [-0.4, -0.2) is 27.1 Å². The van der Waals surface area contributed by atoms with Gasteiger partial charge in [0, 0.05) is 5.25 Å². The Kier molecular flexibility index (Phi) is 3.97. The maximum atomic E-state index is 5.53. The first-order valence-electron chi connectivity index (χ1n) is 7.41. The topological polar surface area (TPSA) is 52.0 Å². The number of benzene rings is 1. The molecular weight excluding hydrogens is 328 g/mol. The number of aromatic nitrogens is 3. The number of methoxy groups -OCH3 is 1. The van der Waals surface area contributed by atoms with E-state index < -0.39 is 0 Å². The Balaban J connectivity index is 1.81. The molecule has 0 aliphatic heterocycles. The SMILES string of the molecule is COc1ccccc1-n1c(NSC2CC2)nnc1-c1cccs1. The third-order valence-electron chi connectivity index (χ3n) is 3.57. The molecular formula is C16H16N4OS2. The summed E-state index contributed by atoms with van der Waals surface area (Å²) in [5.74, 6) is 2.35. The Hall–Kier alpha value is -1.99. The van der Waals surface area contributed by atoms with Crippen molar-refractivity contribution in [1.82, 2.24) is 14.8 Å². The molecule has 0 atom stereocenters. The Morgan fingerprint density at radius 1 is 1.22 bits per heavy atom. The van der Waals surface area contributed by atoms with E-state index in [4.69, 9.17) is 4.74 Å². The molecule has 1 fully saturated rings. The molecule has 118 valence electrons. The van der Waals surface area contributed by atoms with Crippen LogP contribution in [0.5, 0.6) is 5.75 Å². The Labute approximate surface area is 142 Å². The molecule has 1 N–H and O–H groups in total. The maximum Gasteiger partial charge on any atom is 0.239 e. The van der Waals surface area contributed by atoms with Gasteiger partial charge in [-0.1, -0.05) is 18.2 Å². The van der Waals surface area contributed by atoms with E-state index in [0.29, 0.717) is 5.25 Å². The predicted molar refractivity (Wildman–Crippen MR) is 95.5 cm³/mol. The minimum atomic E-state index is 0.683. The first-order valence-corrected chi connectivity index (χ1v) is 9.17. The summed E-state index contributed by atoms with van der Waals surface area (Å²) < 4.78 is 10.9. The number of ether oxygens (including phenoxy) is 1. The summed E-state index contributed by atoms with van der Waals surface area (Å²) in [6.45, 7) is 0. The van der Waals surface area contributed by atoms with Crippen molar-refractivity contribution in [2.75, 3.05) is 11.8 Å². The van der Waals surface area contributed by atoms with Crippen LogP contribution in [0.25, 0.3) is 16.4 Å². The monoisotopic (exact) mass is 344 g/mol. The lowest BCUT2D eigenvalue weighted by Crippen LogP contribution is -2.04. The molecule has 1 saturated carbocycles. The number of nitrogens with one attached hydrogen (secondary N) is 1. The summed E-state index contributed by atoms with van der Waals surface area (Å²) in [7, 11) is 1.68. The second-order valence-electron chi connectivity index (χ2n) is 5.25. The van der Waals surface area contributed by atoms with Crippen molar-refractivity contribution in [2.45, 2.75) is 18.1 Å². The zero-order chi connectivity index (χ0) is 15.6. The van der Waals surface area contributed by atoms with Gasteiger partial charge in [0.25, 0.3) is 0 Å². The van der Waals surface area contributed by atoms with Gasteiger partial charge in [-0.3, -0.25) is 9.29 Å². The van der Waals surface area contributed by atoms with E-state index in [1.807, 2.05) is 40.3 Å². The van der Waals surface area contributed by atoms with Crippen molar-refractivity contribution in [2.24, 2.45) is 0 Å². The van der Waals surface area contributed by atoms with Crippen molar-refractivity contribution in [1.29, 1.82) is 0 Å².